The van der Waals surface area contributed by atoms with Crippen molar-refractivity contribution in [2.75, 3.05) is 5.73 Å². The average molecular weight is 284 g/mol. The average Bonchev–Trinajstić information content (AvgIpc) is 2.63. The van der Waals surface area contributed by atoms with Crippen molar-refractivity contribution in [2.45, 2.75) is 6.61 Å². The fraction of sp³-hybridized carbons (Fsp3) is 0.100. The van der Waals surface area contributed by atoms with Gasteiger partial charge in [0.15, 0.2) is 0 Å². The second-order valence-electron chi connectivity index (χ2n) is 3.17. The lowest BCUT2D eigenvalue weighted by atomic mass is 10.2. The second kappa shape index (κ2) is 4.44. The molecule has 0 spiro atoms. The summed E-state index contributed by atoms with van der Waals surface area (Å²) < 4.78 is 6.26. The van der Waals surface area contributed by atoms with Crippen molar-refractivity contribution in [1.29, 1.82) is 0 Å². The number of aromatic nitrogens is 2. The van der Waals surface area contributed by atoms with Crippen LogP contribution in [0.15, 0.2) is 34.9 Å². The number of benzene rings is 1. The summed E-state index contributed by atoms with van der Waals surface area (Å²) >= 11 is 3.39. The molecule has 0 amide bonds. The summed E-state index contributed by atoms with van der Waals surface area (Å²) in [7, 11) is 0. The lowest BCUT2D eigenvalue weighted by Crippen LogP contribution is -2.02. The highest BCUT2D eigenvalue weighted by Gasteiger charge is 2.06. The molecule has 3 N–H and O–H groups in total. The summed E-state index contributed by atoms with van der Waals surface area (Å²) in [6, 6.07) is 7.10. The maximum atomic E-state index is 8.95. The first-order valence-corrected chi connectivity index (χ1v) is 5.36. The predicted molar refractivity (Wildman–Crippen MR) is 62.3 cm³/mol. The Morgan fingerprint density at radius 3 is 2.88 bits per heavy atom. The summed E-state index contributed by atoms with van der Waals surface area (Å²) in [4.78, 5) is 0.693. The molecule has 0 aliphatic carbocycles. The van der Waals surface area contributed by atoms with Crippen LogP contribution in [0.1, 0.15) is 5.56 Å². The van der Waals surface area contributed by atoms with E-state index >= 15 is 0 Å². The Bertz CT molecular complexity index is 478. The van der Waals surface area contributed by atoms with Gasteiger partial charge in [-0.2, -0.15) is 0 Å². The van der Waals surface area contributed by atoms with Gasteiger partial charge in [-0.3, -0.25) is 0 Å². The first-order chi connectivity index (χ1) is 7.66. The Morgan fingerprint density at radius 2 is 2.25 bits per heavy atom. The van der Waals surface area contributed by atoms with Gasteiger partial charge in [0.2, 0.25) is 5.88 Å². The second-order valence-corrected chi connectivity index (χ2v) is 4.02. The molecule has 0 saturated carbocycles. The highest BCUT2D eigenvalue weighted by atomic mass is 79.9. The monoisotopic (exact) mass is 283 g/mol. The Morgan fingerprint density at radius 1 is 1.44 bits per heavy atom. The molecule has 2 rings (SSSR count). The first kappa shape index (κ1) is 10.8. The molecule has 5 nitrogen and oxygen atoms in total. The van der Waals surface area contributed by atoms with Gasteiger partial charge in [0.25, 0.3) is 0 Å². The summed E-state index contributed by atoms with van der Waals surface area (Å²) in [5, 5.41) is 12.6. The summed E-state index contributed by atoms with van der Waals surface area (Å²) in [5.41, 5.74) is 7.31. The fourth-order valence-corrected chi connectivity index (χ4v) is 1.74. The van der Waals surface area contributed by atoms with Crippen molar-refractivity contribution in [2.24, 2.45) is 0 Å². The van der Waals surface area contributed by atoms with E-state index in [1.807, 2.05) is 12.1 Å². The minimum absolute atomic E-state index is 0.296. The van der Waals surface area contributed by atoms with Crippen LogP contribution in [-0.4, -0.2) is 15.2 Å². The predicted octanol–water partition coefficient (Wildman–Crippen LogP) is 2.04. The first-order valence-electron chi connectivity index (χ1n) is 4.57. The molecule has 0 radical (unpaired) electrons. The lowest BCUT2D eigenvalue weighted by molar-refractivity contribution is 0.141. The number of nitrogens with two attached hydrogens (primary N) is 1. The van der Waals surface area contributed by atoms with Crippen LogP contribution in [0.25, 0.3) is 0 Å². The molecule has 2 aromatic rings. The van der Waals surface area contributed by atoms with Crippen LogP contribution < -0.4 is 10.5 Å². The molecular weight excluding hydrogens is 274 g/mol. The Kier molecular flexibility index (Phi) is 3.00. The minimum atomic E-state index is 0.296. The smallest absolute Gasteiger partial charge is 0.236 e. The summed E-state index contributed by atoms with van der Waals surface area (Å²) in [5.74, 6) is 0.345. The van der Waals surface area contributed by atoms with E-state index in [2.05, 4.69) is 21.0 Å². The molecule has 0 saturated heterocycles. The number of rotatable bonds is 3. The topological polar surface area (TPSA) is 73.3 Å². The van der Waals surface area contributed by atoms with Gasteiger partial charge in [-0.1, -0.05) is 27.1 Å². The number of hydrogen-bond acceptors (Lipinski definition) is 4. The van der Waals surface area contributed by atoms with Gasteiger partial charge < -0.3 is 15.7 Å². The molecular formula is C10H10BrN3O2. The van der Waals surface area contributed by atoms with Gasteiger partial charge in [-0.25, -0.2) is 0 Å². The molecule has 0 unspecified atom stereocenters. The zero-order valence-corrected chi connectivity index (χ0v) is 9.89. The Labute approximate surface area is 101 Å². The van der Waals surface area contributed by atoms with Crippen LogP contribution in [0.5, 0.6) is 5.88 Å². The Hall–Kier alpha value is -1.69. The third-order valence-electron chi connectivity index (χ3n) is 2.07. The molecule has 1 heterocycles. The SMILES string of the molecule is Nc1cccc(Br)c1COc1ccn(O)n1. The molecule has 1 aromatic carbocycles. The third kappa shape index (κ3) is 2.27. The van der Waals surface area contributed by atoms with Crippen LogP contribution >= 0.6 is 15.9 Å². The van der Waals surface area contributed by atoms with Crippen LogP contribution in [0.2, 0.25) is 0 Å². The molecule has 16 heavy (non-hydrogen) atoms. The van der Waals surface area contributed by atoms with Crippen LogP contribution in [-0.2, 0) is 6.61 Å². The van der Waals surface area contributed by atoms with E-state index in [1.54, 1.807) is 12.1 Å². The van der Waals surface area contributed by atoms with E-state index < -0.39 is 0 Å². The highest BCUT2D eigenvalue weighted by molar-refractivity contribution is 9.10. The van der Waals surface area contributed by atoms with Crippen LogP contribution in [0.4, 0.5) is 5.69 Å². The molecule has 0 aliphatic heterocycles. The number of nitrogen functional groups attached to an aromatic ring is 1. The zero-order chi connectivity index (χ0) is 11.5. The maximum absolute atomic E-state index is 8.95. The molecule has 0 fully saturated rings. The molecule has 0 aliphatic rings. The van der Waals surface area contributed by atoms with Gasteiger partial charge in [0.1, 0.15) is 6.61 Å². The standard InChI is InChI=1S/C10H10BrN3O2/c11-8-2-1-3-9(12)7(8)6-16-10-4-5-14(15)13-10/h1-5,15H,6,12H2. The van der Waals surface area contributed by atoms with Crippen molar-refractivity contribution in [3.63, 3.8) is 0 Å². The van der Waals surface area contributed by atoms with Crippen molar-refractivity contribution >= 4 is 21.6 Å². The van der Waals surface area contributed by atoms with E-state index in [0.717, 1.165) is 10.0 Å². The van der Waals surface area contributed by atoms with Crippen molar-refractivity contribution in [3.05, 3.63) is 40.5 Å². The van der Waals surface area contributed by atoms with Gasteiger partial charge in [-0.15, -0.1) is 4.85 Å². The zero-order valence-electron chi connectivity index (χ0n) is 8.30. The van der Waals surface area contributed by atoms with Crippen LogP contribution in [0.3, 0.4) is 0 Å². The largest absolute Gasteiger partial charge is 0.472 e. The number of halogens is 1. The van der Waals surface area contributed by atoms with Crippen molar-refractivity contribution < 1.29 is 9.94 Å². The van der Waals surface area contributed by atoms with E-state index in [0.29, 0.717) is 23.0 Å². The number of nitrogens with zero attached hydrogens (tertiary/aromatic N) is 2. The normalized spacial score (nSPS) is 10.3. The van der Waals surface area contributed by atoms with Gasteiger partial charge in [0.05, 0.1) is 6.20 Å². The molecule has 6 heteroatoms. The quantitative estimate of drug-likeness (QED) is 0.668. The summed E-state index contributed by atoms with van der Waals surface area (Å²) in [6.07, 6.45) is 1.39. The van der Waals surface area contributed by atoms with E-state index in [4.69, 9.17) is 15.7 Å². The maximum Gasteiger partial charge on any atom is 0.236 e. The highest BCUT2D eigenvalue weighted by Crippen LogP contribution is 2.23. The van der Waals surface area contributed by atoms with Crippen molar-refractivity contribution in [1.82, 2.24) is 9.94 Å². The lowest BCUT2D eigenvalue weighted by Gasteiger charge is -2.08. The summed E-state index contributed by atoms with van der Waals surface area (Å²) in [6.45, 7) is 0.296. The molecule has 1 aromatic heterocycles. The van der Waals surface area contributed by atoms with Crippen molar-refractivity contribution in [3.8, 4) is 5.88 Å². The van der Waals surface area contributed by atoms with E-state index in [9.17, 15) is 0 Å². The molecule has 84 valence electrons. The van der Waals surface area contributed by atoms with E-state index in [-0.39, 0.29) is 0 Å². The minimum Gasteiger partial charge on any atom is -0.472 e. The number of hydrogen-bond donors (Lipinski definition) is 2. The van der Waals surface area contributed by atoms with E-state index in [1.165, 1.54) is 6.20 Å². The molecule has 0 bridgehead atoms. The fourth-order valence-electron chi connectivity index (χ4n) is 1.25. The Balaban J connectivity index is 2.10. The van der Waals surface area contributed by atoms with Gasteiger partial charge in [0, 0.05) is 21.8 Å². The number of ether oxygens (including phenoxy) is 1. The van der Waals surface area contributed by atoms with Crippen LogP contribution in [0, 0.1) is 0 Å². The number of anilines is 1. The molecule has 0 atom stereocenters. The van der Waals surface area contributed by atoms with Gasteiger partial charge >= 0.3 is 0 Å². The third-order valence-corrected chi connectivity index (χ3v) is 2.81. The van der Waals surface area contributed by atoms with Gasteiger partial charge in [-0.05, 0) is 12.1 Å².